The minimum Gasteiger partial charge on any atom is -0.376 e. The Morgan fingerprint density at radius 2 is 1.94 bits per heavy atom. The normalized spacial score (nSPS) is 16.3. The van der Waals surface area contributed by atoms with E-state index in [4.69, 9.17) is 27.9 Å². The van der Waals surface area contributed by atoms with Crippen molar-refractivity contribution >= 4 is 57.9 Å². The Labute approximate surface area is 221 Å². The highest BCUT2D eigenvalue weighted by Gasteiger charge is 2.28. The molecule has 4 aromatic rings. The molecule has 1 aliphatic rings. The molecule has 180 valence electrons. The quantitative estimate of drug-likeness (QED) is 0.242. The summed E-state index contributed by atoms with van der Waals surface area (Å²) >= 11 is 15.3. The molecule has 0 bridgehead atoms. The molecular weight excluding hydrogens is 523 g/mol. The molecule has 0 spiro atoms. The van der Waals surface area contributed by atoms with Gasteiger partial charge < -0.3 is 10.1 Å². The van der Waals surface area contributed by atoms with Crippen molar-refractivity contribution in [3.8, 4) is 10.7 Å². The van der Waals surface area contributed by atoms with Gasteiger partial charge in [0.05, 0.1) is 17.5 Å². The summed E-state index contributed by atoms with van der Waals surface area (Å²) in [6, 6.07) is 18.6. The van der Waals surface area contributed by atoms with Gasteiger partial charge >= 0.3 is 0 Å². The minimum absolute atomic E-state index is 0.0988. The number of nitrogens with one attached hydrogen (secondary N) is 1. The summed E-state index contributed by atoms with van der Waals surface area (Å²) in [6.07, 6.45) is 2.13. The first-order valence-electron chi connectivity index (χ1n) is 11.1. The summed E-state index contributed by atoms with van der Waals surface area (Å²) in [5.41, 5.74) is 1.39. The van der Waals surface area contributed by atoms with Crippen molar-refractivity contribution in [1.29, 1.82) is 0 Å². The van der Waals surface area contributed by atoms with Crippen LogP contribution in [-0.2, 0) is 16.1 Å². The monoisotopic (exact) mass is 544 g/mol. The van der Waals surface area contributed by atoms with Crippen molar-refractivity contribution in [2.45, 2.75) is 35.9 Å². The van der Waals surface area contributed by atoms with Crippen LogP contribution in [0.2, 0.25) is 10.0 Å². The molecule has 0 aliphatic carbocycles. The molecule has 0 radical (unpaired) electrons. The molecule has 1 N–H and O–H groups in total. The van der Waals surface area contributed by atoms with Gasteiger partial charge in [-0.25, -0.2) is 0 Å². The molecule has 3 heterocycles. The smallest absolute Gasteiger partial charge is 0.242 e. The molecular formula is C25H22Cl2N4O2S2. The SMILES string of the molecule is O=C(Nc1cc(Cl)cc(Cl)c1)[C@@H](Sc1nnc(-c2cccs2)n1C[C@H]1CCCO1)c1ccccc1. The van der Waals surface area contributed by atoms with Crippen LogP contribution >= 0.6 is 46.3 Å². The van der Waals surface area contributed by atoms with Crippen LogP contribution in [0.25, 0.3) is 10.7 Å². The Hall–Kier alpha value is -2.36. The maximum Gasteiger partial charge on any atom is 0.242 e. The highest BCUT2D eigenvalue weighted by atomic mass is 35.5. The number of hydrogen-bond donors (Lipinski definition) is 1. The molecule has 2 aromatic heterocycles. The Balaban J connectivity index is 1.48. The van der Waals surface area contributed by atoms with E-state index < -0.39 is 5.25 Å². The summed E-state index contributed by atoms with van der Waals surface area (Å²) in [5, 5.41) is 15.0. The number of carbonyl (C=O) groups is 1. The second-order valence-corrected chi connectivity index (χ2v) is 11.0. The van der Waals surface area contributed by atoms with Crippen LogP contribution in [0.4, 0.5) is 5.69 Å². The van der Waals surface area contributed by atoms with Crippen molar-refractivity contribution < 1.29 is 9.53 Å². The average molecular weight is 546 g/mol. The van der Waals surface area contributed by atoms with E-state index in [1.54, 1.807) is 29.5 Å². The predicted octanol–water partition coefficient (Wildman–Crippen LogP) is 6.96. The first-order chi connectivity index (χ1) is 17.1. The molecule has 35 heavy (non-hydrogen) atoms. The number of anilines is 1. The molecule has 10 heteroatoms. The standard InChI is InChI=1S/C25H22Cl2N4O2S2/c26-17-12-18(27)14-19(13-17)28-24(32)22(16-6-2-1-3-7-16)35-25-30-29-23(21-9-5-11-34-21)31(25)15-20-8-4-10-33-20/h1-3,5-7,9,11-14,20,22H,4,8,10,15H2,(H,28,32)/t20-,22+/m1/s1. The Kier molecular flexibility index (Phi) is 7.75. The van der Waals surface area contributed by atoms with Gasteiger partial charge in [-0.3, -0.25) is 9.36 Å². The van der Waals surface area contributed by atoms with Crippen LogP contribution < -0.4 is 5.32 Å². The van der Waals surface area contributed by atoms with Crippen molar-refractivity contribution in [3.05, 3.63) is 81.7 Å². The zero-order valence-electron chi connectivity index (χ0n) is 18.6. The molecule has 2 atom stereocenters. The van der Waals surface area contributed by atoms with Gasteiger partial charge in [-0.2, -0.15) is 0 Å². The van der Waals surface area contributed by atoms with E-state index in [0.29, 0.717) is 27.4 Å². The van der Waals surface area contributed by atoms with Gasteiger partial charge in [0.2, 0.25) is 5.91 Å². The maximum atomic E-state index is 13.5. The molecule has 6 nitrogen and oxygen atoms in total. The number of thiophene rings is 1. The molecule has 5 rings (SSSR count). The van der Waals surface area contributed by atoms with Gasteiger partial charge in [0, 0.05) is 22.3 Å². The van der Waals surface area contributed by atoms with E-state index >= 15 is 0 Å². The molecule has 1 amide bonds. The summed E-state index contributed by atoms with van der Waals surface area (Å²) in [5.74, 6) is 0.579. The fraction of sp³-hybridized carbons (Fsp3) is 0.240. The van der Waals surface area contributed by atoms with Crippen LogP contribution in [0.1, 0.15) is 23.7 Å². The highest BCUT2D eigenvalue weighted by molar-refractivity contribution is 8.00. The van der Waals surface area contributed by atoms with Crippen LogP contribution in [0.5, 0.6) is 0 Å². The van der Waals surface area contributed by atoms with Crippen molar-refractivity contribution in [3.63, 3.8) is 0 Å². The van der Waals surface area contributed by atoms with Gasteiger partial charge in [-0.15, -0.1) is 21.5 Å². The molecule has 1 saturated heterocycles. The zero-order chi connectivity index (χ0) is 24.2. The van der Waals surface area contributed by atoms with Crippen LogP contribution in [0, 0.1) is 0 Å². The second kappa shape index (κ2) is 11.1. The molecule has 1 fully saturated rings. The first kappa shape index (κ1) is 24.3. The van der Waals surface area contributed by atoms with Gasteiger partial charge in [-0.05, 0) is 48.1 Å². The van der Waals surface area contributed by atoms with Crippen LogP contribution in [-0.4, -0.2) is 33.4 Å². The van der Waals surface area contributed by atoms with E-state index in [-0.39, 0.29) is 12.0 Å². The average Bonchev–Trinajstić information content (AvgIpc) is 3.61. The number of nitrogens with zero attached hydrogens (tertiary/aromatic N) is 3. The van der Waals surface area contributed by atoms with Gasteiger partial charge in [-0.1, -0.05) is 71.4 Å². The third-order valence-electron chi connectivity index (χ3n) is 5.56. The number of halogens is 2. The maximum absolute atomic E-state index is 13.5. The first-order valence-corrected chi connectivity index (χ1v) is 13.7. The lowest BCUT2D eigenvalue weighted by Crippen LogP contribution is -2.21. The van der Waals surface area contributed by atoms with E-state index in [2.05, 4.69) is 20.1 Å². The summed E-state index contributed by atoms with van der Waals surface area (Å²) in [6.45, 7) is 1.40. The largest absolute Gasteiger partial charge is 0.376 e. The second-order valence-electron chi connectivity index (χ2n) is 8.09. The minimum atomic E-state index is -0.572. The summed E-state index contributed by atoms with van der Waals surface area (Å²) in [7, 11) is 0. The molecule has 0 unspecified atom stereocenters. The number of rotatable bonds is 8. The Bertz CT molecular complexity index is 1270. The van der Waals surface area contributed by atoms with Gasteiger partial charge in [0.25, 0.3) is 0 Å². The van der Waals surface area contributed by atoms with E-state index in [9.17, 15) is 4.79 Å². The van der Waals surface area contributed by atoms with Gasteiger partial charge in [0.1, 0.15) is 5.25 Å². The molecule has 1 aliphatic heterocycles. The Morgan fingerprint density at radius 3 is 2.63 bits per heavy atom. The molecule has 0 saturated carbocycles. The summed E-state index contributed by atoms with van der Waals surface area (Å²) in [4.78, 5) is 14.6. The number of benzene rings is 2. The third kappa shape index (κ3) is 5.90. The lowest BCUT2D eigenvalue weighted by Gasteiger charge is -2.19. The predicted molar refractivity (Wildman–Crippen MR) is 142 cm³/mol. The fourth-order valence-corrected chi connectivity index (χ4v) is 6.25. The number of ether oxygens (including phenoxy) is 1. The summed E-state index contributed by atoms with van der Waals surface area (Å²) < 4.78 is 7.98. The van der Waals surface area contributed by atoms with Crippen LogP contribution in [0.3, 0.4) is 0 Å². The van der Waals surface area contributed by atoms with Gasteiger partial charge in [0.15, 0.2) is 11.0 Å². The highest BCUT2D eigenvalue weighted by Crippen LogP contribution is 2.38. The van der Waals surface area contributed by atoms with Crippen molar-refractivity contribution in [1.82, 2.24) is 14.8 Å². The zero-order valence-corrected chi connectivity index (χ0v) is 21.7. The number of thioether (sulfide) groups is 1. The van der Waals surface area contributed by atoms with Crippen LogP contribution in [0.15, 0.2) is 71.2 Å². The van der Waals surface area contributed by atoms with E-state index in [1.165, 1.54) is 11.8 Å². The number of carbonyl (C=O) groups excluding carboxylic acids is 1. The third-order valence-corrected chi connectivity index (χ3v) is 8.10. The number of hydrogen-bond acceptors (Lipinski definition) is 6. The molecule has 2 aromatic carbocycles. The van der Waals surface area contributed by atoms with Crippen molar-refractivity contribution in [2.24, 2.45) is 0 Å². The van der Waals surface area contributed by atoms with E-state index in [0.717, 1.165) is 35.7 Å². The fourth-order valence-electron chi connectivity index (χ4n) is 3.96. The lowest BCUT2D eigenvalue weighted by atomic mass is 10.1. The van der Waals surface area contributed by atoms with E-state index in [1.807, 2.05) is 47.8 Å². The topological polar surface area (TPSA) is 69.0 Å². The van der Waals surface area contributed by atoms with Crippen molar-refractivity contribution in [2.75, 3.05) is 11.9 Å². The Morgan fingerprint density at radius 1 is 1.14 bits per heavy atom. The number of aromatic nitrogens is 3. The lowest BCUT2D eigenvalue weighted by molar-refractivity contribution is -0.115. The number of amides is 1.